The second-order valence-corrected chi connectivity index (χ2v) is 6.13. The summed E-state index contributed by atoms with van der Waals surface area (Å²) in [5.41, 5.74) is 7.32. The molecule has 0 bridgehead atoms. The van der Waals surface area contributed by atoms with Gasteiger partial charge in [-0.2, -0.15) is 0 Å². The normalized spacial score (nSPS) is 11.6. The van der Waals surface area contributed by atoms with Crippen molar-refractivity contribution in [2.75, 3.05) is 0 Å². The molecule has 0 spiro atoms. The Morgan fingerprint density at radius 2 is 1.46 bits per heavy atom. The third kappa shape index (κ3) is 3.16. The molecule has 3 aromatic carbocycles. The Kier molecular flexibility index (Phi) is 4.00. The van der Waals surface area contributed by atoms with Gasteiger partial charge in [0.15, 0.2) is 0 Å². The molecule has 0 N–H and O–H groups in total. The maximum absolute atomic E-state index is 4.64. The fraction of sp³-hybridized carbons (Fsp3) is 0. The summed E-state index contributed by atoms with van der Waals surface area (Å²) < 4.78 is 1.11. The first-order chi connectivity index (χ1) is 11.9. The number of rotatable bonds is 4. The van der Waals surface area contributed by atoms with E-state index in [-0.39, 0.29) is 0 Å². The molecule has 0 saturated carbocycles. The second kappa shape index (κ2) is 6.60. The predicted molar refractivity (Wildman–Crippen MR) is 97.5 cm³/mol. The first-order valence-electron chi connectivity index (χ1n) is 7.57. The van der Waals surface area contributed by atoms with Crippen molar-refractivity contribution in [1.29, 1.82) is 0 Å². The van der Waals surface area contributed by atoms with Crippen LogP contribution < -0.4 is 0 Å². The Bertz CT molecular complexity index is 945. The maximum Gasteiger partial charge on any atom is 0.239 e. The molecule has 4 nitrogen and oxygen atoms in total. The zero-order chi connectivity index (χ0) is 16.2. The van der Waals surface area contributed by atoms with Crippen molar-refractivity contribution in [2.45, 2.75) is 0 Å². The Hall–Kier alpha value is -3.05. The molecule has 0 radical (unpaired) electrons. The minimum atomic E-state index is 0.680. The molecule has 4 rings (SSSR count). The summed E-state index contributed by atoms with van der Waals surface area (Å²) in [5.74, 6) is 0. The van der Waals surface area contributed by atoms with Gasteiger partial charge in [0.2, 0.25) is 5.69 Å². The van der Waals surface area contributed by atoms with Crippen molar-refractivity contribution in [3.05, 3.63) is 90.4 Å². The van der Waals surface area contributed by atoms with Gasteiger partial charge in [0.1, 0.15) is 5.13 Å². The van der Waals surface area contributed by atoms with Gasteiger partial charge in [-0.25, -0.2) is 0 Å². The number of hydrogen-bond donors (Lipinski definition) is 0. The van der Waals surface area contributed by atoms with Crippen LogP contribution in [0.3, 0.4) is 0 Å². The number of azo groups is 1. The number of fused-ring (bicyclic) bond motifs is 1. The minimum absolute atomic E-state index is 0.680. The average molecular weight is 330 g/mol. The van der Waals surface area contributed by atoms with Crippen LogP contribution in [-0.2, 0) is 0 Å². The SMILES string of the molecule is c1ccc(N=[N+]([N-]c2nc3ccccc3s2)c2ccccc2)cc1. The van der Waals surface area contributed by atoms with Crippen LogP contribution in [0, 0.1) is 0 Å². The van der Waals surface area contributed by atoms with Crippen LogP contribution in [0.4, 0.5) is 16.5 Å². The van der Waals surface area contributed by atoms with Crippen LogP contribution in [0.25, 0.3) is 15.6 Å². The first-order valence-corrected chi connectivity index (χ1v) is 8.39. The summed E-state index contributed by atoms with van der Waals surface area (Å²) >= 11 is 1.55. The predicted octanol–water partition coefficient (Wildman–Crippen LogP) is 6.34. The molecule has 4 aromatic rings. The minimum Gasteiger partial charge on any atom is -0.346 e. The largest absolute Gasteiger partial charge is 0.346 e. The zero-order valence-electron chi connectivity index (χ0n) is 12.8. The molecule has 5 heteroatoms. The molecule has 0 aliphatic carbocycles. The van der Waals surface area contributed by atoms with Gasteiger partial charge in [-0.3, -0.25) is 0 Å². The van der Waals surface area contributed by atoms with Gasteiger partial charge >= 0.3 is 0 Å². The highest BCUT2D eigenvalue weighted by molar-refractivity contribution is 7.22. The van der Waals surface area contributed by atoms with Crippen molar-refractivity contribution in [2.24, 2.45) is 5.11 Å². The molecule has 0 atom stereocenters. The number of thiazole rings is 1. The highest BCUT2D eigenvalue weighted by Gasteiger charge is 2.10. The van der Waals surface area contributed by atoms with E-state index < -0.39 is 0 Å². The van der Waals surface area contributed by atoms with Gasteiger partial charge in [-0.15, -0.1) is 16.5 Å². The van der Waals surface area contributed by atoms with Crippen molar-refractivity contribution in [3.63, 3.8) is 0 Å². The van der Waals surface area contributed by atoms with Crippen LogP contribution in [0.2, 0.25) is 0 Å². The van der Waals surface area contributed by atoms with Crippen molar-refractivity contribution in [1.82, 2.24) is 4.98 Å². The third-order valence-corrected chi connectivity index (χ3v) is 4.34. The monoisotopic (exact) mass is 330 g/mol. The second-order valence-electron chi connectivity index (χ2n) is 5.12. The first kappa shape index (κ1) is 14.5. The van der Waals surface area contributed by atoms with Crippen LogP contribution in [0.1, 0.15) is 0 Å². The quantitative estimate of drug-likeness (QED) is 0.244. The molecule has 0 aliphatic rings. The smallest absolute Gasteiger partial charge is 0.239 e. The van der Waals surface area contributed by atoms with Gasteiger partial charge in [0.25, 0.3) is 0 Å². The van der Waals surface area contributed by atoms with E-state index in [1.807, 2.05) is 84.9 Å². The highest BCUT2D eigenvalue weighted by Crippen LogP contribution is 2.33. The lowest BCUT2D eigenvalue weighted by molar-refractivity contribution is -0.450. The molecule has 24 heavy (non-hydrogen) atoms. The van der Waals surface area contributed by atoms with Gasteiger partial charge < -0.3 is 4.98 Å². The fourth-order valence-electron chi connectivity index (χ4n) is 2.29. The molecule has 0 aliphatic heterocycles. The van der Waals surface area contributed by atoms with Crippen LogP contribution in [-0.4, -0.2) is 9.79 Å². The summed E-state index contributed by atoms with van der Waals surface area (Å²) in [7, 11) is 0. The zero-order valence-corrected chi connectivity index (χ0v) is 13.6. The Morgan fingerprint density at radius 3 is 2.21 bits per heavy atom. The van der Waals surface area contributed by atoms with Gasteiger partial charge in [0.05, 0.1) is 5.69 Å². The van der Waals surface area contributed by atoms with Crippen LogP contribution in [0.5, 0.6) is 0 Å². The van der Waals surface area contributed by atoms with Gasteiger partial charge in [-0.05, 0) is 18.2 Å². The topological polar surface area (TPSA) is 42.4 Å². The molecule has 1 heterocycles. The molecule has 0 amide bonds. The van der Waals surface area contributed by atoms with E-state index in [0.29, 0.717) is 5.13 Å². The van der Waals surface area contributed by atoms with Crippen LogP contribution in [0.15, 0.2) is 90.0 Å². The number of hydrogen-bond acceptors (Lipinski definition) is 3. The number of benzene rings is 3. The average Bonchev–Trinajstić information content (AvgIpc) is 3.05. The van der Waals surface area contributed by atoms with Crippen molar-refractivity contribution < 1.29 is 4.81 Å². The number of para-hydroxylation sites is 2. The van der Waals surface area contributed by atoms with E-state index in [1.54, 1.807) is 16.1 Å². The summed E-state index contributed by atoms with van der Waals surface area (Å²) in [6.07, 6.45) is 0. The third-order valence-electron chi connectivity index (χ3n) is 3.42. The number of aromatic nitrogens is 1. The lowest BCUT2D eigenvalue weighted by Crippen LogP contribution is -1.93. The molecule has 1 aromatic heterocycles. The van der Waals surface area contributed by atoms with Gasteiger partial charge in [-0.1, -0.05) is 64.8 Å². The molecular formula is C19H14N4S. The summed E-state index contributed by atoms with van der Waals surface area (Å²) in [4.78, 5) is 6.20. The highest BCUT2D eigenvalue weighted by atomic mass is 32.1. The fourth-order valence-corrected chi connectivity index (χ4v) is 3.11. The van der Waals surface area contributed by atoms with Crippen molar-refractivity contribution >= 4 is 38.1 Å². The molecule has 0 unspecified atom stereocenters. The Labute approximate surface area is 143 Å². The summed E-state index contributed by atoms with van der Waals surface area (Å²) in [5, 5.41) is 5.31. The van der Waals surface area contributed by atoms with E-state index in [4.69, 9.17) is 0 Å². The van der Waals surface area contributed by atoms with Crippen molar-refractivity contribution in [3.8, 4) is 0 Å². The number of nitrogens with zero attached hydrogens (tertiary/aromatic N) is 4. The van der Waals surface area contributed by atoms with E-state index in [9.17, 15) is 0 Å². The molecule has 0 fully saturated rings. The Morgan fingerprint density at radius 1 is 0.792 bits per heavy atom. The van der Waals surface area contributed by atoms with E-state index >= 15 is 0 Å². The molecule has 0 saturated heterocycles. The van der Waals surface area contributed by atoms with Gasteiger partial charge in [0, 0.05) is 22.3 Å². The maximum atomic E-state index is 4.64. The lowest BCUT2D eigenvalue weighted by Gasteiger charge is -2.04. The van der Waals surface area contributed by atoms with E-state index in [2.05, 4.69) is 15.5 Å². The van der Waals surface area contributed by atoms with E-state index in [0.717, 1.165) is 21.6 Å². The standard InChI is InChI=1S/C19H14N4S/c1-3-9-15(10-4-1)21-23(16-11-5-2-6-12-16)22-19-20-17-13-7-8-14-18(17)24-19/h1-14H. The molecule has 116 valence electrons. The summed E-state index contributed by atoms with van der Waals surface area (Å²) in [6, 6.07) is 27.7. The lowest BCUT2D eigenvalue weighted by atomic mass is 10.3. The summed E-state index contributed by atoms with van der Waals surface area (Å²) in [6.45, 7) is 0. The molecular weight excluding hydrogens is 316 g/mol. The van der Waals surface area contributed by atoms with Crippen LogP contribution >= 0.6 is 11.3 Å². The Balaban J connectivity index is 1.74. The van der Waals surface area contributed by atoms with E-state index in [1.165, 1.54) is 0 Å².